The highest BCUT2D eigenvalue weighted by Crippen LogP contribution is 2.25. The molecular weight excluding hydrogens is 296 g/mol. The molecular formula is C17H22N2O4. The van der Waals surface area contributed by atoms with Crippen LogP contribution in [0, 0.1) is 0 Å². The summed E-state index contributed by atoms with van der Waals surface area (Å²) in [6.07, 6.45) is 1.59. The van der Waals surface area contributed by atoms with Crippen molar-refractivity contribution in [1.82, 2.24) is 10.2 Å². The van der Waals surface area contributed by atoms with Gasteiger partial charge in [0.25, 0.3) is 0 Å². The molecule has 2 aromatic rings. The van der Waals surface area contributed by atoms with Gasteiger partial charge >= 0.3 is 0 Å². The number of methoxy groups -OCH3 is 1. The van der Waals surface area contributed by atoms with Crippen LogP contribution in [0.25, 0.3) is 0 Å². The summed E-state index contributed by atoms with van der Waals surface area (Å²) in [4.78, 5) is 13.7. The molecule has 0 fully saturated rings. The first kappa shape index (κ1) is 16.9. The number of rotatable bonds is 9. The number of carbonyl (C=O) groups excluding carboxylic acids is 1. The molecule has 0 saturated carbocycles. The van der Waals surface area contributed by atoms with Crippen LogP contribution in [-0.4, -0.2) is 44.7 Å². The Hall–Kier alpha value is -2.47. The van der Waals surface area contributed by atoms with Crippen molar-refractivity contribution >= 4 is 5.91 Å². The van der Waals surface area contributed by atoms with E-state index in [0.29, 0.717) is 37.7 Å². The van der Waals surface area contributed by atoms with Gasteiger partial charge in [0.2, 0.25) is 5.91 Å². The van der Waals surface area contributed by atoms with Crippen molar-refractivity contribution in [3.63, 3.8) is 0 Å². The van der Waals surface area contributed by atoms with Crippen molar-refractivity contribution in [2.24, 2.45) is 0 Å². The summed E-state index contributed by atoms with van der Waals surface area (Å²) in [5.41, 5.74) is 0. The molecule has 0 spiro atoms. The molecule has 23 heavy (non-hydrogen) atoms. The molecule has 0 aliphatic rings. The van der Waals surface area contributed by atoms with Gasteiger partial charge in [0, 0.05) is 6.54 Å². The highest BCUT2D eigenvalue weighted by molar-refractivity contribution is 5.77. The van der Waals surface area contributed by atoms with Crippen molar-refractivity contribution in [1.29, 1.82) is 0 Å². The molecule has 0 bridgehead atoms. The lowest BCUT2D eigenvalue weighted by Gasteiger charge is -2.17. The molecule has 0 atom stereocenters. The van der Waals surface area contributed by atoms with Gasteiger partial charge in [-0.2, -0.15) is 0 Å². The normalized spacial score (nSPS) is 10.6. The van der Waals surface area contributed by atoms with E-state index < -0.39 is 0 Å². The molecule has 1 heterocycles. The van der Waals surface area contributed by atoms with Gasteiger partial charge in [0.15, 0.2) is 11.5 Å². The lowest BCUT2D eigenvalue weighted by Crippen LogP contribution is -2.36. The van der Waals surface area contributed by atoms with E-state index >= 15 is 0 Å². The van der Waals surface area contributed by atoms with E-state index in [4.69, 9.17) is 13.9 Å². The molecule has 0 aliphatic carbocycles. The largest absolute Gasteiger partial charge is 0.493 e. The SMILES string of the molecule is COc1ccccc1OCCN(C)CC(=O)NCc1ccco1. The molecule has 0 saturated heterocycles. The number of para-hydroxylation sites is 2. The van der Waals surface area contributed by atoms with Crippen LogP contribution in [0.2, 0.25) is 0 Å². The van der Waals surface area contributed by atoms with Crippen molar-refractivity contribution in [3.8, 4) is 11.5 Å². The molecule has 0 unspecified atom stereocenters. The molecule has 2 rings (SSSR count). The molecule has 0 radical (unpaired) electrons. The lowest BCUT2D eigenvalue weighted by atomic mass is 10.3. The number of benzene rings is 1. The van der Waals surface area contributed by atoms with Gasteiger partial charge in [-0.05, 0) is 31.3 Å². The highest BCUT2D eigenvalue weighted by atomic mass is 16.5. The van der Waals surface area contributed by atoms with Crippen LogP contribution in [0.1, 0.15) is 5.76 Å². The zero-order chi connectivity index (χ0) is 16.5. The minimum absolute atomic E-state index is 0.0545. The second-order valence-electron chi connectivity index (χ2n) is 5.09. The van der Waals surface area contributed by atoms with Crippen LogP contribution in [0.15, 0.2) is 47.1 Å². The number of amides is 1. The summed E-state index contributed by atoms with van der Waals surface area (Å²) >= 11 is 0. The molecule has 1 N–H and O–H groups in total. The lowest BCUT2D eigenvalue weighted by molar-refractivity contribution is -0.122. The standard InChI is InChI=1S/C17H22N2O4/c1-19(13-17(20)18-12-14-6-5-10-22-14)9-11-23-16-8-4-3-7-15(16)21-2/h3-8,10H,9,11-13H2,1-2H3,(H,18,20). The van der Waals surface area contributed by atoms with Crippen LogP contribution >= 0.6 is 0 Å². The third-order valence-corrected chi connectivity index (χ3v) is 3.25. The number of likely N-dealkylation sites (N-methyl/N-ethyl adjacent to an activating group) is 1. The summed E-state index contributed by atoms with van der Waals surface area (Å²) in [5, 5.41) is 2.81. The number of hydrogen-bond donors (Lipinski definition) is 1. The first-order valence-corrected chi connectivity index (χ1v) is 7.42. The molecule has 6 nitrogen and oxygen atoms in total. The Morgan fingerprint density at radius 1 is 1.22 bits per heavy atom. The van der Waals surface area contributed by atoms with Gasteiger partial charge in [-0.15, -0.1) is 0 Å². The number of carbonyl (C=O) groups is 1. The Morgan fingerprint density at radius 3 is 2.70 bits per heavy atom. The number of nitrogens with one attached hydrogen (secondary N) is 1. The Bertz CT molecular complexity index is 598. The minimum Gasteiger partial charge on any atom is -0.493 e. The zero-order valence-corrected chi connectivity index (χ0v) is 13.5. The third kappa shape index (κ3) is 5.67. The van der Waals surface area contributed by atoms with Gasteiger partial charge in [-0.3, -0.25) is 9.69 Å². The Kier molecular flexibility index (Phi) is 6.50. The second-order valence-corrected chi connectivity index (χ2v) is 5.09. The quantitative estimate of drug-likeness (QED) is 0.765. The average molecular weight is 318 g/mol. The van der Waals surface area contributed by atoms with Crippen LogP contribution in [-0.2, 0) is 11.3 Å². The molecule has 1 amide bonds. The predicted molar refractivity (Wildman–Crippen MR) is 86.5 cm³/mol. The van der Waals surface area contributed by atoms with Crippen molar-refractivity contribution in [2.75, 3.05) is 33.9 Å². The van der Waals surface area contributed by atoms with Gasteiger partial charge in [-0.25, -0.2) is 0 Å². The van der Waals surface area contributed by atoms with E-state index in [2.05, 4.69) is 5.32 Å². The maximum Gasteiger partial charge on any atom is 0.234 e. The minimum atomic E-state index is -0.0545. The summed E-state index contributed by atoms with van der Waals surface area (Å²) in [7, 11) is 3.48. The first-order valence-electron chi connectivity index (χ1n) is 7.42. The molecule has 124 valence electrons. The molecule has 0 aliphatic heterocycles. The van der Waals surface area contributed by atoms with Gasteiger partial charge < -0.3 is 19.2 Å². The fourth-order valence-corrected chi connectivity index (χ4v) is 2.03. The average Bonchev–Trinajstić information content (AvgIpc) is 3.07. The van der Waals surface area contributed by atoms with E-state index in [0.717, 1.165) is 5.76 Å². The molecule has 1 aromatic heterocycles. The predicted octanol–water partition coefficient (Wildman–Crippen LogP) is 1.92. The van der Waals surface area contributed by atoms with E-state index in [9.17, 15) is 4.79 Å². The van der Waals surface area contributed by atoms with Crippen molar-refractivity contribution < 1.29 is 18.7 Å². The second kappa shape index (κ2) is 8.85. The maximum atomic E-state index is 11.8. The number of nitrogens with zero attached hydrogens (tertiary/aromatic N) is 1. The smallest absolute Gasteiger partial charge is 0.234 e. The topological polar surface area (TPSA) is 63.9 Å². The van der Waals surface area contributed by atoms with Crippen LogP contribution in [0.4, 0.5) is 0 Å². The van der Waals surface area contributed by atoms with E-state index in [1.807, 2.05) is 42.3 Å². The van der Waals surface area contributed by atoms with Crippen LogP contribution in [0.3, 0.4) is 0 Å². The van der Waals surface area contributed by atoms with E-state index in [1.54, 1.807) is 19.4 Å². The number of ether oxygens (including phenoxy) is 2. The molecule has 1 aromatic carbocycles. The summed E-state index contributed by atoms with van der Waals surface area (Å²) in [5.74, 6) is 2.08. The van der Waals surface area contributed by atoms with Crippen LogP contribution in [0.5, 0.6) is 11.5 Å². The monoisotopic (exact) mass is 318 g/mol. The van der Waals surface area contributed by atoms with E-state index in [-0.39, 0.29) is 5.91 Å². The summed E-state index contributed by atoms with van der Waals surface area (Å²) < 4.78 is 16.1. The Labute approximate surface area is 136 Å². The van der Waals surface area contributed by atoms with E-state index in [1.165, 1.54) is 0 Å². The fraction of sp³-hybridized carbons (Fsp3) is 0.353. The number of hydrogen-bond acceptors (Lipinski definition) is 5. The Morgan fingerprint density at radius 2 is 2.00 bits per heavy atom. The zero-order valence-electron chi connectivity index (χ0n) is 13.5. The molecule has 6 heteroatoms. The van der Waals surface area contributed by atoms with Crippen LogP contribution < -0.4 is 14.8 Å². The summed E-state index contributed by atoms with van der Waals surface area (Å²) in [6.45, 7) is 1.81. The Balaban J connectivity index is 1.66. The van der Waals surface area contributed by atoms with Gasteiger partial charge in [-0.1, -0.05) is 12.1 Å². The first-order chi connectivity index (χ1) is 11.2. The fourth-order valence-electron chi connectivity index (χ4n) is 2.03. The third-order valence-electron chi connectivity index (χ3n) is 3.25. The summed E-state index contributed by atoms with van der Waals surface area (Å²) in [6, 6.07) is 11.1. The van der Waals surface area contributed by atoms with Gasteiger partial charge in [0.1, 0.15) is 12.4 Å². The highest BCUT2D eigenvalue weighted by Gasteiger charge is 2.08. The van der Waals surface area contributed by atoms with Crippen molar-refractivity contribution in [3.05, 3.63) is 48.4 Å². The number of furan rings is 1. The maximum absolute atomic E-state index is 11.8. The van der Waals surface area contributed by atoms with Crippen molar-refractivity contribution in [2.45, 2.75) is 6.54 Å². The van der Waals surface area contributed by atoms with Gasteiger partial charge in [0.05, 0.1) is 26.5 Å².